The lowest BCUT2D eigenvalue weighted by Gasteiger charge is -1.87. The summed E-state index contributed by atoms with van der Waals surface area (Å²) in [5.74, 6) is -0.826. The maximum Gasteiger partial charge on any atom is 0.279 e. The Morgan fingerprint density at radius 2 is 2.36 bits per heavy atom. The summed E-state index contributed by atoms with van der Waals surface area (Å²) in [5.41, 5.74) is 4.18. The number of hydrogen-bond donors (Lipinski definition) is 2. The van der Waals surface area contributed by atoms with Gasteiger partial charge in [-0.1, -0.05) is 0 Å². The van der Waals surface area contributed by atoms with Crippen LogP contribution in [0.15, 0.2) is 6.07 Å². The minimum atomic E-state index is -2.66. The highest BCUT2D eigenvalue weighted by Crippen LogP contribution is 2.15. The number of hydrogen-bond acceptors (Lipinski definition) is 2. The van der Waals surface area contributed by atoms with Gasteiger partial charge in [0.15, 0.2) is 0 Å². The normalized spacial score (nSPS) is 10.5. The molecule has 0 fully saturated rings. The third-order valence-corrected chi connectivity index (χ3v) is 1.09. The molecular weight excluding hydrogens is 156 g/mol. The Morgan fingerprint density at radius 1 is 1.73 bits per heavy atom. The number of carbonyl (C=O) groups excluding carboxylic acids is 1. The fourth-order valence-corrected chi connectivity index (χ4v) is 0.575. The lowest BCUT2D eigenvalue weighted by molar-refractivity contribution is 0.0995. The number of nitrogens with one attached hydrogen (secondary N) is 1. The van der Waals surface area contributed by atoms with Crippen LogP contribution in [0.4, 0.5) is 8.78 Å². The monoisotopic (exact) mass is 161 g/mol. The first kappa shape index (κ1) is 7.64. The van der Waals surface area contributed by atoms with Crippen molar-refractivity contribution >= 4 is 5.91 Å². The fourth-order valence-electron chi connectivity index (χ4n) is 0.575. The predicted molar refractivity (Wildman–Crippen MR) is 32.1 cm³/mol. The van der Waals surface area contributed by atoms with Crippen molar-refractivity contribution in [2.45, 2.75) is 6.43 Å². The van der Waals surface area contributed by atoms with E-state index < -0.39 is 18.0 Å². The lowest BCUT2D eigenvalue weighted by Crippen LogP contribution is -2.10. The maximum absolute atomic E-state index is 11.8. The number of primary amides is 1. The molecule has 1 rings (SSSR count). The highest BCUT2D eigenvalue weighted by atomic mass is 19.3. The van der Waals surface area contributed by atoms with E-state index >= 15 is 0 Å². The van der Waals surface area contributed by atoms with Crippen molar-refractivity contribution in [1.82, 2.24) is 10.2 Å². The van der Waals surface area contributed by atoms with E-state index in [2.05, 4.69) is 5.10 Å². The smallest absolute Gasteiger partial charge is 0.279 e. The van der Waals surface area contributed by atoms with Gasteiger partial charge in [0.25, 0.3) is 12.3 Å². The summed E-state index contributed by atoms with van der Waals surface area (Å²) in [6, 6.07) is 0.924. The number of halogens is 2. The molecule has 6 heteroatoms. The summed E-state index contributed by atoms with van der Waals surface area (Å²) in [7, 11) is 0. The molecule has 60 valence electrons. The van der Waals surface area contributed by atoms with Crippen LogP contribution in [-0.4, -0.2) is 16.1 Å². The number of nitrogens with zero attached hydrogens (tertiary/aromatic N) is 1. The molecule has 3 N–H and O–H groups in total. The molecule has 0 aliphatic carbocycles. The SMILES string of the molecule is NC(=O)c1cc(C(F)F)[nH]n1. The van der Waals surface area contributed by atoms with Crippen molar-refractivity contribution in [3.8, 4) is 0 Å². The van der Waals surface area contributed by atoms with Crippen LogP contribution in [0.1, 0.15) is 22.6 Å². The van der Waals surface area contributed by atoms with E-state index in [1.54, 1.807) is 0 Å². The molecule has 1 aromatic heterocycles. The molecule has 0 spiro atoms. The topological polar surface area (TPSA) is 71.8 Å². The van der Waals surface area contributed by atoms with Crippen LogP contribution in [0.5, 0.6) is 0 Å². The number of alkyl halides is 2. The predicted octanol–water partition coefficient (Wildman–Crippen LogP) is 0.446. The van der Waals surface area contributed by atoms with E-state index in [1.165, 1.54) is 0 Å². The molecule has 4 nitrogen and oxygen atoms in total. The Kier molecular flexibility index (Phi) is 1.84. The molecule has 1 heterocycles. The van der Waals surface area contributed by atoms with Gasteiger partial charge < -0.3 is 5.73 Å². The lowest BCUT2D eigenvalue weighted by atomic mass is 10.3. The Labute approximate surface area is 60.4 Å². The van der Waals surface area contributed by atoms with Crippen LogP contribution in [0, 0.1) is 0 Å². The number of nitrogens with two attached hydrogens (primary N) is 1. The molecule has 1 amide bonds. The van der Waals surface area contributed by atoms with Gasteiger partial charge in [-0.3, -0.25) is 9.89 Å². The molecule has 0 saturated heterocycles. The molecule has 0 atom stereocenters. The van der Waals surface area contributed by atoms with Crippen molar-refractivity contribution in [2.24, 2.45) is 5.73 Å². The molecule has 0 aliphatic rings. The first-order valence-electron chi connectivity index (χ1n) is 2.74. The molecule has 0 saturated carbocycles. The van der Waals surface area contributed by atoms with Gasteiger partial charge in [-0.25, -0.2) is 8.78 Å². The molecule has 0 aliphatic heterocycles. The summed E-state index contributed by atoms with van der Waals surface area (Å²) in [6.07, 6.45) is -2.66. The first-order valence-corrected chi connectivity index (χ1v) is 2.74. The molecule has 1 aromatic rings. The third kappa shape index (κ3) is 1.51. The second-order valence-electron chi connectivity index (χ2n) is 1.87. The first-order chi connectivity index (χ1) is 5.11. The van der Waals surface area contributed by atoms with Crippen LogP contribution in [0.3, 0.4) is 0 Å². The number of aromatic nitrogens is 2. The van der Waals surface area contributed by atoms with E-state index in [9.17, 15) is 13.6 Å². The van der Waals surface area contributed by atoms with Crippen LogP contribution in [0.2, 0.25) is 0 Å². The van der Waals surface area contributed by atoms with E-state index in [-0.39, 0.29) is 5.69 Å². The van der Waals surface area contributed by atoms with Gasteiger partial charge in [-0.2, -0.15) is 5.10 Å². The molecule has 0 unspecified atom stereocenters. The Hall–Kier alpha value is -1.46. The highest BCUT2D eigenvalue weighted by Gasteiger charge is 2.12. The van der Waals surface area contributed by atoms with Crippen molar-refractivity contribution in [2.75, 3.05) is 0 Å². The average Bonchev–Trinajstić information content (AvgIpc) is 2.33. The quantitative estimate of drug-likeness (QED) is 0.660. The zero-order chi connectivity index (χ0) is 8.43. The standard InChI is InChI=1S/C5H5F2N3O/c6-4(7)2-1-3(5(8)11)10-9-2/h1,4H,(H2,8,11)(H,9,10). The number of H-pyrrole nitrogens is 1. The van der Waals surface area contributed by atoms with Crippen LogP contribution in [0.25, 0.3) is 0 Å². The van der Waals surface area contributed by atoms with Crippen molar-refractivity contribution in [3.05, 3.63) is 17.5 Å². The molecule has 0 radical (unpaired) electrons. The number of rotatable bonds is 2. The Morgan fingerprint density at radius 3 is 2.64 bits per heavy atom. The maximum atomic E-state index is 11.8. The van der Waals surface area contributed by atoms with E-state index in [0.29, 0.717) is 0 Å². The van der Waals surface area contributed by atoms with Crippen LogP contribution < -0.4 is 5.73 Å². The zero-order valence-electron chi connectivity index (χ0n) is 5.34. The second-order valence-corrected chi connectivity index (χ2v) is 1.87. The van der Waals surface area contributed by atoms with E-state index in [0.717, 1.165) is 6.07 Å². The minimum absolute atomic E-state index is 0.180. The summed E-state index contributed by atoms with van der Waals surface area (Å²) in [6.45, 7) is 0. The van der Waals surface area contributed by atoms with Gasteiger partial charge in [0, 0.05) is 0 Å². The fraction of sp³-hybridized carbons (Fsp3) is 0.200. The van der Waals surface area contributed by atoms with Crippen molar-refractivity contribution < 1.29 is 13.6 Å². The molecular formula is C5H5F2N3O. The Bertz CT molecular complexity index is 270. The van der Waals surface area contributed by atoms with Crippen molar-refractivity contribution in [3.63, 3.8) is 0 Å². The van der Waals surface area contributed by atoms with Crippen LogP contribution in [-0.2, 0) is 0 Å². The molecule has 0 aromatic carbocycles. The molecule has 11 heavy (non-hydrogen) atoms. The van der Waals surface area contributed by atoms with Gasteiger partial charge >= 0.3 is 0 Å². The van der Waals surface area contributed by atoms with Gasteiger partial charge in [-0.05, 0) is 6.07 Å². The van der Waals surface area contributed by atoms with E-state index in [4.69, 9.17) is 5.73 Å². The Balaban J connectivity index is 2.90. The van der Waals surface area contributed by atoms with Crippen LogP contribution >= 0.6 is 0 Å². The van der Waals surface area contributed by atoms with Gasteiger partial charge in [-0.15, -0.1) is 0 Å². The highest BCUT2D eigenvalue weighted by molar-refractivity contribution is 5.90. The van der Waals surface area contributed by atoms with Gasteiger partial charge in [0.1, 0.15) is 11.4 Å². The average molecular weight is 161 g/mol. The zero-order valence-corrected chi connectivity index (χ0v) is 5.34. The summed E-state index contributed by atoms with van der Waals surface area (Å²) in [4.78, 5) is 10.3. The summed E-state index contributed by atoms with van der Waals surface area (Å²) < 4.78 is 23.6. The second kappa shape index (κ2) is 2.65. The van der Waals surface area contributed by atoms with Crippen molar-refractivity contribution in [1.29, 1.82) is 0 Å². The van der Waals surface area contributed by atoms with Gasteiger partial charge in [0.05, 0.1) is 0 Å². The van der Waals surface area contributed by atoms with Gasteiger partial charge in [0.2, 0.25) is 0 Å². The largest absolute Gasteiger partial charge is 0.364 e. The third-order valence-electron chi connectivity index (χ3n) is 1.09. The van der Waals surface area contributed by atoms with E-state index in [1.807, 2.05) is 5.10 Å². The minimum Gasteiger partial charge on any atom is -0.364 e. The summed E-state index contributed by atoms with van der Waals surface area (Å²) >= 11 is 0. The number of amides is 1. The number of aromatic amines is 1. The molecule has 0 bridgehead atoms. The summed E-state index contributed by atoms with van der Waals surface area (Å²) in [5, 5.41) is 5.24. The number of carbonyl (C=O) groups is 1.